The highest BCUT2D eigenvalue weighted by Crippen LogP contribution is 2.37. The fraction of sp³-hybridized carbons (Fsp3) is 0.333. The Bertz CT molecular complexity index is 499. The Labute approximate surface area is 107 Å². The molecule has 1 heterocycles. The largest absolute Gasteiger partial charge is 0.477 e. The predicted molar refractivity (Wildman–Crippen MR) is 52.1 cm³/mol. The van der Waals surface area contributed by atoms with Crippen molar-refractivity contribution in [3.05, 3.63) is 17.8 Å². The summed E-state index contributed by atoms with van der Waals surface area (Å²) in [7, 11) is 0. The van der Waals surface area contributed by atoms with Gasteiger partial charge in [0, 0.05) is 0 Å². The van der Waals surface area contributed by atoms with Gasteiger partial charge in [0.2, 0.25) is 5.88 Å². The van der Waals surface area contributed by atoms with Crippen LogP contribution in [0.5, 0.6) is 5.88 Å². The van der Waals surface area contributed by atoms with Gasteiger partial charge in [-0.1, -0.05) is 0 Å². The van der Waals surface area contributed by atoms with E-state index < -0.39 is 41.7 Å². The molecule has 0 atom stereocenters. The van der Waals surface area contributed by atoms with Crippen LogP contribution >= 0.6 is 0 Å². The monoisotopic (exact) mass is 304 g/mol. The maximum Gasteiger partial charge on any atom is 0.434 e. The van der Waals surface area contributed by atoms with Gasteiger partial charge in [-0.15, -0.1) is 0 Å². The normalized spacial score (nSPS) is 12.6. The molecule has 112 valence electrons. The number of hydrogen-bond donors (Lipinski definition) is 2. The number of aromatic nitrogens is 1. The van der Waals surface area contributed by atoms with Crippen LogP contribution in [0.25, 0.3) is 0 Å². The van der Waals surface area contributed by atoms with Crippen molar-refractivity contribution in [3.8, 4) is 5.88 Å². The molecule has 0 aliphatic rings. The standard InChI is InChI=1S/C9H6F6N2O3/c10-8(11,12)7(9(13,14)15)20-5-3(16)1-2-4(17-5)6(18)19/h1-2,7H,16H2,(H,18,19). The number of nitrogen functional groups attached to an aromatic ring is 1. The van der Waals surface area contributed by atoms with E-state index in [2.05, 4.69) is 9.72 Å². The molecule has 11 heteroatoms. The van der Waals surface area contributed by atoms with Crippen molar-refractivity contribution < 1.29 is 41.0 Å². The van der Waals surface area contributed by atoms with Gasteiger partial charge in [0.1, 0.15) is 0 Å². The van der Waals surface area contributed by atoms with Gasteiger partial charge in [0.05, 0.1) is 5.69 Å². The van der Waals surface area contributed by atoms with Crippen molar-refractivity contribution in [2.75, 3.05) is 5.73 Å². The van der Waals surface area contributed by atoms with Gasteiger partial charge in [0.15, 0.2) is 5.69 Å². The van der Waals surface area contributed by atoms with E-state index in [1.54, 1.807) is 0 Å². The molecule has 0 fully saturated rings. The van der Waals surface area contributed by atoms with Crippen molar-refractivity contribution in [1.82, 2.24) is 4.98 Å². The highest BCUT2D eigenvalue weighted by molar-refractivity contribution is 5.86. The molecule has 3 N–H and O–H groups in total. The Morgan fingerprint density at radius 3 is 2.10 bits per heavy atom. The second-order valence-corrected chi connectivity index (χ2v) is 3.48. The molecule has 0 radical (unpaired) electrons. The zero-order valence-electron chi connectivity index (χ0n) is 9.29. The van der Waals surface area contributed by atoms with Gasteiger partial charge in [-0.2, -0.15) is 26.3 Å². The topological polar surface area (TPSA) is 85.4 Å². The molecule has 0 saturated carbocycles. The Morgan fingerprint density at radius 2 is 1.70 bits per heavy atom. The van der Waals surface area contributed by atoms with Crippen LogP contribution in [0.15, 0.2) is 12.1 Å². The maximum atomic E-state index is 12.3. The lowest BCUT2D eigenvalue weighted by molar-refractivity contribution is -0.300. The van der Waals surface area contributed by atoms with Crippen LogP contribution in [-0.2, 0) is 0 Å². The molecule has 0 aliphatic heterocycles. The third-order valence-corrected chi connectivity index (χ3v) is 1.93. The van der Waals surface area contributed by atoms with Crippen LogP contribution in [0.1, 0.15) is 10.5 Å². The molecule has 0 bridgehead atoms. The number of aromatic carboxylic acids is 1. The second kappa shape index (κ2) is 5.06. The number of nitrogens with two attached hydrogens (primary N) is 1. The third-order valence-electron chi connectivity index (χ3n) is 1.93. The average Bonchev–Trinajstić information content (AvgIpc) is 2.24. The summed E-state index contributed by atoms with van der Waals surface area (Å²) in [5.41, 5.74) is 3.64. The van der Waals surface area contributed by atoms with Crippen LogP contribution in [-0.4, -0.2) is 34.5 Å². The average molecular weight is 304 g/mol. The number of pyridine rings is 1. The zero-order valence-corrected chi connectivity index (χ0v) is 9.29. The quantitative estimate of drug-likeness (QED) is 0.836. The highest BCUT2D eigenvalue weighted by atomic mass is 19.4. The van der Waals surface area contributed by atoms with Crippen molar-refractivity contribution in [1.29, 1.82) is 0 Å². The highest BCUT2D eigenvalue weighted by Gasteiger charge is 2.59. The summed E-state index contributed by atoms with van der Waals surface area (Å²) in [4.78, 5) is 13.5. The number of alkyl halides is 6. The lowest BCUT2D eigenvalue weighted by atomic mass is 10.3. The molecule has 1 aromatic rings. The number of ether oxygens (including phenoxy) is 1. The molecule has 0 amide bonds. The summed E-state index contributed by atoms with van der Waals surface area (Å²) in [5.74, 6) is -2.92. The molecule has 0 aromatic carbocycles. The van der Waals surface area contributed by atoms with E-state index in [1.807, 2.05) is 0 Å². The fourth-order valence-corrected chi connectivity index (χ4v) is 1.10. The first-order valence-corrected chi connectivity index (χ1v) is 4.73. The number of carboxylic acid groups (broad SMARTS) is 1. The summed E-state index contributed by atoms with van der Waals surface area (Å²) < 4.78 is 77.3. The summed E-state index contributed by atoms with van der Waals surface area (Å²) >= 11 is 0. The van der Waals surface area contributed by atoms with Crippen LogP contribution in [0.4, 0.5) is 32.0 Å². The zero-order chi connectivity index (χ0) is 15.7. The fourth-order valence-electron chi connectivity index (χ4n) is 1.10. The third kappa shape index (κ3) is 3.65. The predicted octanol–water partition coefficient (Wildman–Crippen LogP) is 2.23. The molecular formula is C9H6F6N2O3. The minimum absolute atomic E-state index is 0.659. The minimum Gasteiger partial charge on any atom is -0.477 e. The molecule has 0 unspecified atom stereocenters. The SMILES string of the molecule is Nc1ccc(C(=O)O)nc1OC(C(F)(F)F)C(F)(F)F. The van der Waals surface area contributed by atoms with E-state index in [0.29, 0.717) is 0 Å². The van der Waals surface area contributed by atoms with E-state index in [4.69, 9.17) is 10.8 Å². The number of carboxylic acids is 1. The van der Waals surface area contributed by atoms with Gasteiger partial charge in [-0.05, 0) is 12.1 Å². The number of halogens is 6. The lowest BCUT2D eigenvalue weighted by Gasteiger charge is -2.23. The van der Waals surface area contributed by atoms with Crippen LogP contribution in [0, 0.1) is 0 Å². The molecule has 1 rings (SSSR count). The van der Waals surface area contributed by atoms with E-state index in [0.717, 1.165) is 12.1 Å². The van der Waals surface area contributed by atoms with Gasteiger partial charge in [-0.3, -0.25) is 0 Å². The number of carbonyl (C=O) groups is 1. The molecule has 20 heavy (non-hydrogen) atoms. The Hall–Kier alpha value is -2.20. The Morgan fingerprint density at radius 1 is 1.20 bits per heavy atom. The summed E-state index contributed by atoms with van der Waals surface area (Å²) in [5, 5.41) is 8.55. The van der Waals surface area contributed by atoms with Crippen LogP contribution in [0.2, 0.25) is 0 Å². The van der Waals surface area contributed by atoms with Crippen molar-refractivity contribution >= 4 is 11.7 Å². The van der Waals surface area contributed by atoms with Gasteiger partial charge in [-0.25, -0.2) is 9.78 Å². The van der Waals surface area contributed by atoms with Gasteiger partial charge in [0.25, 0.3) is 6.10 Å². The minimum atomic E-state index is -5.76. The Kier molecular flexibility index (Phi) is 4.01. The van der Waals surface area contributed by atoms with Crippen molar-refractivity contribution in [2.24, 2.45) is 0 Å². The summed E-state index contributed by atoms with van der Waals surface area (Å²) in [6, 6.07) is 1.58. The molecule has 1 aromatic heterocycles. The van der Waals surface area contributed by atoms with E-state index in [-0.39, 0.29) is 0 Å². The summed E-state index contributed by atoms with van der Waals surface area (Å²) in [6.45, 7) is 0. The Balaban J connectivity index is 3.18. The van der Waals surface area contributed by atoms with Crippen molar-refractivity contribution in [3.63, 3.8) is 0 Å². The number of anilines is 1. The first-order valence-electron chi connectivity index (χ1n) is 4.73. The van der Waals surface area contributed by atoms with Crippen molar-refractivity contribution in [2.45, 2.75) is 18.5 Å². The molecule has 0 aliphatic carbocycles. The van der Waals surface area contributed by atoms with E-state index in [9.17, 15) is 31.1 Å². The lowest BCUT2D eigenvalue weighted by Crippen LogP contribution is -2.46. The van der Waals surface area contributed by atoms with Gasteiger partial charge >= 0.3 is 18.3 Å². The first kappa shape index (κ1) is 15.9. The number of hydrogen-bond acceptors (Lipinski definition) is 4. The molecule has 0 spiro atoms. The summed E-state index contributed by atoms with van der Waals surface area (Å²) in [6.07, 6.45) is -15.7. The van der Waals surface area contributed by atoms with Gasteiger partial charge < -0.3 is 15.6 Å². The molecule has 5 nitrogen and oxygen atoms in total. The molecular weight excluding hydrogens is 298 g/mol. The number of nitrogens with zero attached hydrogens (tertiary/aromatic N) is 1. The number of rotatable bonds is 3. The van der Waals surface area contributed by atoms with E-state index >= 15 is 0 Å². The second-order valence-electron chi connectivity index (χ2n) is 3.48. The maximum absolute atomic E-state index is 12.3. The van der Waals surface area contributed by atoms with E-state index in [1.165, 1.54) is 0 Å². The smallest absolute Gasteiger partial charge is 0.434 e. The molecule has 0 saturated heterocycles. The first-order chi connectivity index (χ1) is 8.93. The van der Waals surface area contributed by atoms with Crippen LogP contribution < -0.4 is 10.5 Å². The van der Waals surface area contributed by atoms with Crippen LogP contribution in [0.3, 0.4) is 0 Å².